The standard InChI is InChI=1S/C18H24N4O2S/c1-12(2)17-21-14(11-25-17)6-7-20-18(19)22-13-4-5-15-16(10-13)24-9-3-8-23-15/h4-5,10-12H,3,6-9H2,1-2H3,(H3,19,20,22). The Morgan fingerprint density at radius 1 is 1.32 bits per heavy atom. The summed E-state index contributed by atoms with van der Waals surface area (Å²) in [6, 6.07) is 5.68. The molecule has 2 aromatic rings. The maximum Gasteiger partial charge on any atom is 0.193 e. The molecule has 6 nitrogen and oxygen atoms in total. The van der Waals surface area contributed by atoms with E-state index in [1.165, 1.54) is 0 Å². The average Bonchev–Trinajstić information content (AvgIpc) is 2.93. The molecule has 0 fully saturated rings. The second kappa shape index (κ2) is 8.20. The summed E-state index contributed by atoms with van der Waals surface area (Å²) in [6.45, 7) is 6.24. The van der Waals surface area contributed by atoms with Crippen molar-refractivity contribution in [1.29, 1.82) is 0 Å². The lowest BCUT2D eigenvalue weighted by Crippen LogP contribution is -2.23. The van der Waals surface area contributed by atoms with Crippen LogP contribution in [0.25, 0.3) is 0 Å². The van der Waals surface area contributed by atoms with Gasteiger partial charge in [0.25, 0.3) is 0 Å². The van der Waals surface area contributed by atoms with E-state index in [2.05, 4.69) is 34.5 Å². The quantitative estimate of drug-likeness (QED) is 0.631. The third-order valence-corrected chi connectivity index (χ3v) is 4.93. The van der Waals surface area contributed by atoms with E-state index in [0.29, 0.717) is 31.6 Å². The predicted octanol–water partition coefficient (Wildman–Crippen LogP) is 3.40. The fraction of sp³-hybridized carbons (Fsp3) is 0.444. The molecule has 0 atom stereocenters. The van der Waals surface area contributed by atoms with Crippen molar-refractivity contribution in [3.8, 4) is 11.5 Å². The van der Waals surface area contributed by atoms with E-state index in [0.717, 1.165) is 40.7 Å². The van der Waals surface area contributed by atoms with Crippen molar-refractivity contribution in [3.63, 3.8) is 0 Å². The highest BCUT2D eigenvalue weighted by Gasteiger charge is 2.11. The van der Waals surface area contributed by atoms with Crippen molar-refractivity contribution in [3.05, 3.63) is 34.3 Å². The Morgan fingerprint density at radius 2 is 2.12 bits per heavy atom. The van der Waals surface area contributed by atoms with Crippen LogP contribution in [0.4, 0.5) is 5.69 Å². The van der Waals surface area contributed by atoms with E-state index in [-0.39, 0.29) is 0 Å². The van der Waals surface area contributed by atoms with Crippen molar-refractivity contribution < 1.29 is 9.47 Å². The summed E-state index contributed by atoms with van der Waals surface area (Å²) in [5.74, 6) is 2.35. The Morgan fingerprint density at radius 3 is 2.88 bits per heavy atom. The number of aromatic nitrogens is 1. The second-order valence-electron chi connectivity index (χ2n) is 6.19. The molecule has 1 aliphatic rings. The van der Waals surface area contributed by atoms with Crippen LogP contribution in [0.15, 0.2) is 28.6 Å². The lowest BCUT2D eigenvalue weighted by Gasteiger charge is -2.10. The number of benzene rings is 1. The van der Waals surface area contributed by atoms with Crippen LogP contribution in [0.3, 0.4) is 0 Å². The summed E-state index contributed by atoms with van der Waals surface area (Å²) < 4.78 is 11.3. The average molecular weight is 360 g/mol. The monoisotopic (exact) mass is 360 g/mol. The summed E-state index contributed by atoms with van der Waals surface area (Å²) in [7, 11) is 0. The summed E-state index contributed by atoms with van der Waals surface area (Å²) in [4.78, 5) is 8.98. The van der Waals surface area contributed by atoms with Gasteiger partial charge in [-0.25, -0.2) is 4.98 Å². The number of hydrogen-bond donors (Lipinski definition) is 2. The van der Waals surface area contributed by atoms with Crippen LogP contribution >= 0.6 is 11.3 Å². The number of nitrogens with zero attached hydrogens (tertiary/aromatic N) is 2. The third-order valence-electron chi connectivity index (χ3n) is 3.73. The van der Waals surface area contributed by atoms with Gasteiger partial charge in [-0.1, -0.05) is 13.8 Å². The highest BCUT2D eigenvalue weighted by molar-refractivity contribution is 7.09. The second-order valence-corrected chi connectivity index (χ2v) is 7.08. The number of fused-ring (bicyclic) bond motifs is 1. The van der Waals surface area contributed by atoms with Crippen LogP contribution in [-0.4, -0.2) is 30.7 Å². The normalized spacial score (nSPS) is 14.4. The molecule has 1 aliphatic heterocycles. The van der Waals surface area contributed by atoms with Crippen molar-refractivity contribution in [1.82, 2.24) is 4.98 Å². The van der Waals surface area contributed by atoms with Crippen LogP contribution in [-0.2, 0) is 6.42 Å². The molecule has 1 aromatic heterocycles. The SMILES string of the molecule is CC(C)c1nc(CCN=C(N)Nc2ccc3c(c2)OCCCO3)cs1. The van der Waals surface area contributed by atoms with Gasteiger partial charge in [0.1, 0.15) is 0 Å². The van der Waals surface area contributed by atoms with E-state index < -0.39 is 0 Å². The number of thiazole rings is 1. The fourth-order valence-corrected chi connectivity index (χ4v) is 3.29. The van der Waals surface area contributed by atoms with Gasteiger partial charge in [0, 0.05) is 42.4 Å². The van der Waals surface area contributed by atoms with Crippen LogP contribution in [0, 0.1) is 0 Å². The number of anilines is 1. The molecule has 0 radical (unpaired) electrons. The van der Waals surface area contributed by atoms with Gasteiger partial charge in [0.15, 0.2) is 17.5 Å². The first-order valence-electron chi connectivity index (χ1n) is 8.52. The minimum atomic E-state index is 0.383. The van der Waals surface area contributed by atoms with Gasteiger partial charge in [0.2, 0.25) is 0 Å². The number of hydrogen-bond acceptors (Lipinski definition) is 5. The van der Waals surface area contributed by atoms with Gasteiger partial charge in [-0.2, -0.15) is 0 Å². The molecule has 2 heterocycles. The molecule has 25 heavy (non-hydrogen) atoms. The van der Waals surface area contributed by atoms with E-state index >= 15 is 0 Å². The zero-order valence-electron chi connectivity index (χ0n) is 14.6. The Hall–Kier alpha value is -2.28. The minimum absolute atomic E-state index is 0.383. The van der Waals surface area contributed by atoms with E-state index in [1.807, 2.05) is 18.2 Å². The third kappa shape index (κ3) is 4.85. The van der Waals surface area contributed by atoms with E-state index in [9.17, 15) is 0 Å². The Balaban J connectivity index is 1.55. The first-order chi connectivity index (χ1) is 12.1. The van der Waals surface area contributed by atoms with Crippen LogP contribution in [0.2, 0.25) is 0 Å². The largest absolute Gasteiger partial charge is 0.490 e. The molecule has 0 saturated carbocycles. The number of guanidine groups is 1. The Bertz CT molecular complexity index is 742. The van der Waals surface area contributed by atoms with E-state index in [4.69, 9.17) is 15.2 Å². The van der Waals surface area contributed by atoms with Crippen molar-refractivity contribution in [2.24, 2.45) is 10.7 Å². The Kier molecular flexibility index (Phi) is 5.75. The summed E-state index contributed by atoms with van der Waals surface area (Å²) in [6.07, 6.45) is 1.67. The topological polar surface area (TPSA) is 81.8 Å². The van der Waals surface area contributed by atoms with Gasteiger partial charge in [-0.3, -0.25) is 4.99 Å². The molecule has 0 bridgehead atoms. The lowest BCUT2D eigenvalue weighted by atomic mass is 10.2. The predicted molar refractivity (Wildman–Crippen MR) is 102 cm³/mol. The highest BCUT2D eigenvalue weighted by Crippen LogP contribution is 2.32. The smallest absolute Gasteiger partial charge is 0.193 e. The molecule has 7 heteroatoms. The molecule has 0 saturated heterocycles. The van der Waals surface area contributed by atoms with E-state index in [1.54, 1.807) is 11.3 Å². The van der Waals surface area contributed by atoms with Gasteiger partial charge in [-0.05, 0) is 12.1 Å². The lowest BCUT2D eigenvalue weighted by molar-refractivity contribution is 0.297. The number of rotatable bonds is 5. The molecule has 3 N–H and O–H groups in total. The molecule has 0 spiro atoms. The maximum absolute atomic E-state index is 5.98. The molecule has 0 aliphatic carbocycles. The first kappa shape index (κ1) is 17.5. The summed E-state index contributed by atoms with van der Waals surface area (Å²) >= 11 is 1.70. The van der Waals surface area contributed by atoms with Gasteiger partial charge in [0.05, 0.1) is 23.9 Å². The maximum atomic E-state index is 5.98. The van der Waals surface area contributed by atoms with Gasteiger partial charge >= 0.3 is 0 Å². The molecule has 3 rings (SSSR count). The molecule has 134 valence electrons. The molecule has 0 unspecified atom stereocenters. The van der Waals surface area contributed by atoms with Crippen LogP contribution in [0.1, 0.15) is 36.9 Å². The van der Waals surface area contributed by atoms with Crippen LogP contribution < -0.4 is 20.5 Å². The number of nitrogens with one attached hydrogen (secondary N) is 1. The van der Waals surface area contributed by atoms with Crippen molar-refractivity contribution in [2.75, 3.05) is 25.1 Å². The zero-order chi connectivity index (χ0) is 17.6. The first-order valence-corrected chi connectivity index (χ1v) is 9.40. The van der Waals surface area contributed by atoms with Crippen LogP contribution in [0.5, 0.6) is 11.5 Å². The molecular formula is C18H24N4O2S. The summed E-state index contributed by atoms with van der Waals surface area (Å²) in [5, 5.41) is 6.36. The van der Waals surface area contributed by atoms with Crippen molar-refractivity contribution in [2.45, 2.75) is 32.6 Å². The highest BCUT2D eigenvalue weighted by atomic mass is 32.1. The number of aliphatic imine (C=N–C) groups is 1. The summed E-state index contributed by atoms with van der Waals surface area (Å²) in [5.41, 5.74) is 7.88. The minimum Gasteiger partial charge on any atom is -0.490 e. The Labute approximate surface area is 152 Å². The zero-order valence-corrected chi connectivity index (χ0v) is 15.4. The number of ether oxygens (including phenoxy) is 2. The molecular weight excluding hydrogens is 336 g/mol. The molecule has 1 aromatic carbocycles. The fourth-order valence-electron chi connectivity index (χ4n) is 2.42. The van der Waals surface area contributed by atoms with Gasteiger partial charge < -0.3 is 20.5 Å². The van der Waals surface area contributed by atoms with Gasteiger partial charge in [-0.15, -0.1) is 11.3 Å². The molecule has 0 amide bonds. The number of nitrogens with two attached hydrogens (primary N) is 1. The van der Waals surface area contributed by atoms with Crippen molar-refractivity contribution >= 4 is 23.0 Å².